The quantitative estimate of drug-likeness (QED) is 0.0593. The van der Waals surface area contributed by atoms with Crippen molar-refractivity contribution in [2.24, 2.45) is 0 Å². The molecule has 0 spiro atoms. The molecule has 29 heteroatoms. The third-order valence-electron chi connectivity index (χ3n) is 8.32. The summed E-state index contributed by atoms with van der Waals surface area (Å²) >= 11 is 14.6. The molecule has 4 aromatic carbocycles. The van der Waals surface area contributed by atoms with Gasteiger partial charge in [0.15, 0.2) is 40.4 Å². The number of esters is 2. The van der Waals surface area contributed by atoms with Crippen molar-refractivity contribution in [3.8, 4) is 40.2 Å². The molecule has 0 saturated carbocycles. The highest BCUT2D eigenvalue weighted by Crippen LogP contribution is 2.42. The Morgan fingerprint density at radius 2 is 1.03 bits per heavy atom. The van der Waals surface area contributed by atoms with Crippen molar-refractivity contribution in [2.45, 2.75) is 12.7 Å². The maximum Gasteiger partial charge on any atom is 0.573 e. The minimum absolute atomic E-state index is 0.0194. The molecule has 0 saturated heterocycles. The fraction of sp³-hybridized carbons (Fsp3) is 0.136. The number of nitrogens with one attached hydrogen (secondary N) is 2. The maximum absolute atomic E-state index is 15.0. The summed E-state index contributed by atoms with van der Waals surface area (Å²) in [6, 6.07) is 12.0. The molecular weight excluding hydrogens is 1120 g/mol. The first-order valence-corrected chi connectivity index (χ1v) is 20.3. The number of benzene rings is 4. The average Bonchev–Trinajstić information content (AvgIpc) is 3.37. The number of carbonyl (C=O) groups is 4. The van der Waals surface area contributed by atoms with Gasteiger partial charge in [-0.3, -0.25) is 9.59 Å². The third kappa shape index (κ3) is 15.6. The van der Waals surface area contributed by atoms with Gasteiger partial charge >= 0.3 is 24.7 Å². The van der Waals surface area contributed by atoms with Gasteiger partial charge in [-0.05, 0) is 88.7 Å². The number of halogens is 13. The highest BCUT2D eigenvalue weighted by atomic mass is 79.9. The van der Waals surface area contributed by atoms with E-state index in [0.717, 1.165) is 31.5 Å². The molecular formula is C44H29BrCl2F10N4O12. The average molecular weight is 1150 g/mol. The van der Waals surface area contributed by atoms with Crippen LogP contribution in [0, 0.1) is 23.3 Å². The Morgan fingerprint density at radius 1 is 0.603 bits per heavy atom. The van der Waals surface area contributed by atoms with Crippen LogP contribution in [0.25, 0.3) is 0 Å². The van der Waals surface area contributed by atoms with Gasteiger partial charge in [0.25, 0.3) is 11.8 Å². The SMILES string of the molecule is COC(=O)c1cc(NC(=O)c2c(Br)ccc(Cl)c2F)ccn1.[2H]C([2H])([2H])Oc1c(O)ccc(OC(F)(F)F)c1F.[2H]C([2H])([2H])Oc1c(Oc2ccc(Cl)c(F)c2C(=O)Nc2ccnc(C(=O)OC)c2)ccc(OC(F)(F)F)c1F. The van der Waals surface area contributed by atoms with E-state index in [4.69, 9.17) is 41.3 Å². The number of anilines is 2. The number of phenols is 1. The Morgan fingerprint density at radius 3 is 1.52 bits per heavy atom. The van der Waals surface area contributed by atoms with E-state index >= 15 is 0 Å². The molecule has 0 aliphatic rings. The smallest absolute Gasteiger partial charge is 0.504 e. The normalized spacial score (nSPS) is 12.4. The molecule has 0 aliphatic heterocycles. The van der Waals surface area contributed by atoms with Gasteiger partial charge in [0.2, 0.25) is 17.4 Å². The maximum atomic E-state index is 15.0. The fourth-order valence-electron chi connectivity index (χ4n) is 5.25. The van der Waals surface area contributed by atoms with Gasteiger partial charge in [0, 0.05) is 28.2 Å². The first kappa shape index (κ1) is 48.8. The second-order valence-electron chi connectivity index (χ2n) is 13.0. The van der Waals surface area contributed by atoms with Gasteiger partial charge in [0.05, 0.1) is 52.1 Å². The zero-order valence-corrected chi connectivity index (χ0v) is 38.9. The van der Waals surface area contributed by atoms with Crippen molar-refractivity contribution in [2.75, 3.05) is 38.9 Å². The molecule has 6 rings (SSSR count). The van der Waals surface area contributed by atoms with E-state index in [2.05, 4.69) is 65.0 Å². The summed E-state index contributed by atoms with van der Waals surface area (Å²) in [5.74, 6) is -17.1. The zero-order valence-electron chi connectivity index (χ0n) is 41.8. The van der Waals surface area contributed by atoms with E-state index in [1.165, 1.54) is 43.6 Å². The number of alkyl halides is 6. The van der Waals surface area contributed by atoms with Crippen molar-refractivity contribution >= 4 is 74.3 Å². The van der Waals surface area contributed by atoms with E-state index in [9.17, 15) is 63.1 Å². The predicted molar refractivity (Wildman–Crippen MR) is 239 cm³/mol. The predicted octanol–water partition coefficient (Wildman–Crippen LogP) is 11.9. The highest BCUT2D eigenvalue weighted by Gasteiger charge is 2.35. The Bertz CT molecular complexity index is 3260. The van der Waals surface area contributed by atoms with Crippen LogP contribution >= 0.6 is 39.1 Å². The molecule has 0 radical (unpaired) electrons. The first-order chi connectivity index (χ1) is 36.5. The van der Waals surface area contributed by atoms with Crippen LogP contribution in [-0.2, 0) is 9.47 Å². The van der Waals surface area contributed by atoms with Crippen LogP contribution in [0.5, 0.6) is 40.2 Å². The molecule has 0 unspecified atom stereocenters. The van der Waals surface area contributed by atoms with Crippen LogP contribution in [-0.4, -0.2) is 79.8 Å². The van der Waals surface area contributed by atoms with Crippen LogP contribution in [0.1, 0.15) is 49.9 Å². The molecule has 3 N–H and O–H groups in total. The van der Waals surface area contributed by atoms with Crippen molar-refractivity contribution in [1.82, 2.24) is 9.97 Å². The summed E-state index contributed by atoms with van der Waals surface area (Å²) in [4.78, 5) is 55.8. The molecule has 0 bridgehead atoms. The van der Waals surface area contributed by atoms with Gasteiger partial charge in [0.1, 0.15) is 22.7 Å². The van der Waals surface area contributed by atoms with E-state index in [-0.39, 0.29) is 37.8 Å². The van der Waals surface area contributed by atoms with Crippen molar-refractivity contribution in [1.29, 1.82) is 0 Å². The number of hydrogen-bond donors (Lipinski definition) is 3. The van der Waals surface area contributed by atoms with Gasteiger partial charge < -0.3 is 48.9 Å². The molecule has 16 nitrogen and oxygen atoms in total. The number of aromatic hydroxyl groups is 1. The van der Waals surface area contributed by atoms with Crippen LogP contribution < -0.4 is 34.3 Å². The summed E-state index contributed by atoms with van der Waals surface area (Å²) < 4.78 is 202. The Kier molecular flexibility index (Phi) is 16.8. The molecule has 2 amide bonds. The summed E-state index contributed by atoms with van der Waals surface area (Å²) in [5, 5.41) is 13.1. The summed E-state index contributed by atoms with van der Waals surface area (Å²) in [5.41, 5.74) is -1.08. The van der Waals surface area contributed by atoms with Crippen LogP contribution in [0.3, 0.4) is 0 Å². The van der Waals surface area contributed by atoms with Crippen LogP contribution in [0.4, 0.5) is 55.3 Å². The minimum atomic E-state index is -5.34. The number of amides is 2. The minimum Gasteiger partial charge on any atom is -0.504 e. The molecule has 388 valence electrons. The van der Waals surface area contributed by atoms with Crippen molar-refractivity contribution in [3.05, 3.63) is 145 Å². The van der Waals surface area contributed by atoms with Crippen molar-refractivity contribution < 1.29 is 110 Å². The van der Waals surface area contributed by atoms with E-state index in [0.29, 0.717) is 24.3 Å². The van der Waals surface area contributed by atoms with Crippen LogP contribution in [0.15, 0.2) is 89.7 Å². The van der Waals surface area contributed by atoms with Gasteiger partial charge in [-0.15, -0.1) is 26.3 Å². The van der Waals surface area contributed by atoms with Gasteiger partial charge in [-0.2, -0.15) is 8.78 Å². The number of ether oxygens (including phenoxy) is 7. The van der Waals surface area contributed by atoms with E-state index in [1.807, 2.05) is 0 Å². The monoisotopic (exact) mass is 1150 g/mol. The number of phenolic OH excluding ortho intramolecular Hbond substituents is 1. The molecule has 0 fully saturated rings. The lowest BCUT2D eigenvalue weighted by Gasteiger charge is -2.17. The number of hydrogen-bond acceptors (Lipinski definition) is 14. The van der Waals surface area contributed by atoms with Gasteiger partial charge in [-0.1, -0.05) is 23.2 Å². The van der Waals surface area contributed by atoms with Crippen LogP contribution in [0.2, 0.25) is 10.0 Å². The molecule has 0 aliphatic carbocycles. The summed E-state index contributed by atoms with van der Waals surface area (Å²) in [6.45, 7) is 0. The summed E-state index contributed by atoms with van der Waals surface area (Å²) in [6.07, 6.45) is -8.04. The zero-order chi connectivity index (χ0) is 59.5. The summed E-state index contributed by atoms with van der Waals surface area (Å²) in [7, 11) is -4.20. The molecule has 2 aromatic heterocycles. The lowest BCUT2D eigenvalue weighted by atomic mass is 10.1. The third-order valence-corrected chi connectivity index (χ3v) is 9.57. The molecule has 0 atom stereocenters. The largest absolute Gasteiger partial charge is 0.573 e. The Hall–Kier alpha value is -7.78. The second kappa shape index (κ2) is 25.1. The fourth-order valence-corrected chi connectivity index (χ4v) is 6.05. The number of aromatic nitrogens is 2. The topological polar surface area (TPSA) is 203 Å². The molecule has 2 heterocycles. The Labute approximate surface area is 430 Å². The van der Waals surface area contributed by atoms with E-state index in [1.54, 1.807) is 0 Å². The molecule has 6 aromatic rings. The standard InChI is InChI=1S/C22H14ClF5N2O6.C14H9BrClFN2O3.C8H6F4O3/c1-33-19-15(6-5-14(18(19)25)36-22(26,27)28)35-13-4-3-11(23)17(24)16(13)20(31)30-10-7-8-29-12(9-10)21(32)34-2;1-22-14(21)10-6-7(4-5-18-10)19-13(20)11-8(15)2-3-9(16)12(11)17;1-14-7-4(13)2-3-5(6(7)9)15-8(10,11)12/h3-9H,1-2H3,(H,29,30,31);2-6H,1H3,(H,18,19,20);2-3,13H,1H3/i1D3;;1D3. The first-order valence-electron chi connectivity index (χ1n) is 21.8. The number of methoxy groups -OCH3 is 4. The number of carbonyl (C=O) groups excluding carboxylic acids is 4. The molecule has 73 heavy (non-hydrogen) atoms. The Balaban J connectivity index is 0.000000283. The van der Waals surface area contributed by atoms with Crippen molar-refractivity contribution in [3.63, 3.8) is 0 Å². The number of pyridine rings is 2. The highest BCUT2D eigenvalue weighted by molar-refractivity contribution is 9.10. The number of rotatable bonds is 12. The lowest BCUT2D eigenvalue weighted by molar-refractivity contribution is -0.276. The lowest BCUT2D eigenvalue weighted by Crippen LogP contribution is -2.18. The van der Waals surface area contributed by atoms with E-state index < -0.39 is 125 Å². The second-order valence-corrected chi connectivity index (χ2v) is 14.7. The number of nitrogens with zero attached hydrogens (tertiary/aromatic N) is 2. The van der Waals surface area contributed by atoms with Gasteiger partial charge in [-0.25, -0.2) is 28.3 Å².